The lowest BCUT2D eigenvalue weighted by Crippen LogP contribution is -2.29. The van der Waals surface area contributed by atoms with Crippen LogP contribution in [0.5, 0.6) is 11.6 Å². The van der Waals surface area contributed by atoms with E-state index in [1.165, 1.54) is 0 Å². The zero-order valence-corrected chi connectivity index (χ0v) is 20.7. The highest BCUT2D eigenvalue weighted by Gasteiger charge is 2.35. The Hall–Kier alpha value is -4.37. The molecule has 3 aromatic carbocycles. The number of ether oxygens (including phenoxy) is 2. The number of nitrogens with one attached hydrogen (secondary N) is 1. The van der Waals surface area contributed by atoms with Gasteiger partial charge in [0.25, 0.3) is 5.91 Å². The maximum atomic E-state index is 12.5. The SMILES string of the molecule is O=C1CN(c2ccc(Cc3cccc(OCc4ccccc4)n3)cc2OCc2ccccc2)S(=O)(=O)N1. The molecular formula is C28H25N3O5S. The molecule has 1 fully saturated rings. The van der Waals surface area contributed by atoms with E-state index in [0.29, 0.717) is 30.3 Å². The standard InChI is InChI=1S/C28H25N3O5S/c32-27-18-31(37(33,34)30-27)25-15-14-23(17-26(25)35-19-21-8-3-1-4-9-21)16-24-12-7-13-28(29-24)36-20-22-10-5-2-6-11-22/h1-15,17H,16,18-20H2,(H,30,32). The van der Waals surface area contributed by atoms with Crippen molar-refractivity contribution >= 4 is 21.8 Å². The maximum absolute atomic E-state index is 12.5. The maximum Gasteiger partial charge on any atom is 0.326 e. The van der Waals surface area contributed by atoms with E-state index in [0.717, 1.165) is 26.7 Å². The smallest absolute Gasteiger partial charge is 0.326 e. The summed E-state index contributed by atoms with van der Waals surface area (Å²) in [5.41, 5.74) is 3.94. The third-order valence-electron chi connectivity index (χ3n) is 5.75. The summed E-state index contributed by atoms with van der Waals surface area (Å²) in [6, 6.07) is 30.3. The van der Waals surface area contributed by atoms with Crippen LogP contribution in [-0.2, 0) is 34.6 Å². The van der Waals surface area contributed by atoms with Crippen molar-refractivity contribution in [3.8, 4) is 11.6 Å². The van der Waals surface area contributed by atoms with Crippen molar-refractivity contribution in [2.24, 2.45) is 0 Å². The number of amides is 1. The number of carbonyl (C=O) groups excluding carboxylic acids is 1. The molecule has 2 heterocycles. The third-order valence-corrected chi connectivity index (χ3v) is 7.14. The lowest BCUT2D eigenvalue weighted by molar-refractivity contribution is -0.117. The van der Waals surface area contributed by atoms with Crippen molar-refractivity contribution in [1.82, 2.24) is 9.71 Å². The Morgan fingerprint density at radius 3 is 2.11 bits per heavy atom. The number of aromatic nitrogens is 1. The number of pyridine rings is 1. The zero-order valence-electron chi connectivity index (χ0n) is 19.9. The Morgan fingerprint density at radius 1 is 0.784 bits per heavy atom. The number of benzene rings is 3. The highest BCUT2D eigenvalue weighted by molar-refractivity contribution is 7.92. The molecule has 0 radical (unpaired) electrons. The van der Waals surface area contributed by atoms with Gasteiger partial charge in [0, 0.05) is 18.2 Å². The monoisotopic (exact) mass is 515 g/mol. The summed E-state index contributed by atoms with van der Waals surface area (Å²) in [5.74, 6) is 0.291. The van der Waals surface area contributed by atoms with Gasteiger partial charge in [-0.2, -0.15) is 8.42 Å². The summed E-state index contributed by atoms with van der Waals surface area (Å²) in [6.07, 6.45) is 0.481. The molecule has 0 atom stereocenters. The molecule has 0 aliphatic carbocycles. The van der Waals surface area contributed by atoms with Crippen molar-refractivity contribution in [3.05, 3.63) is 119 Å². The van der Waals surface area contributed by atoms with Crippen LogP contribution in [0.3, 0.4) is 0 Å². The number of nitrogens with zero attached hydrogens (tertiary/aromatic N) is 2. The van der Waals surface area contributed by atoms with Gasteiger partial charge in [0.2, 0.25) is 5.88 Å². The number of hydrogen-bond donors (Lipinski definition) is 1. The number of anilines is 1. The average molecular weight is 516 g/mol. The summed E-state index contributed by atoms with van der Waals surface area (Å²) < 4.78 is 39.9. The largest absolute Gasteiger partial charge is 0.487 e. The Bertz CT molecular complexity index is 1500. The minimum atomic E-state index is -3.98. The van der Waals surface area contributed by atoms with E-state index >= 15 is 0 Å². The second kappa shape index (κ2) is 10.7. The lowest BCUT2D eigenvalue weighted by atomic mass is 10.1. The van der Waals surface area contributed by atoms with Crippen LogP contribution >= 0.6 is 0 Å². The minimum absolute atomic E-state index is 0.244. The summed E-state index contributed by atoms with van der Waals surface area (Å²) in [6.45, 7) is 0.361. The van der Waals surface area contributed by atoms with Gasteiger partial charge in [-0.3, -0.25) is 4.79 Å². The van der Waals surface area contributed by atoms with Crippen LogP contribution in [-0.4, -0.2) is 25.9 Å². The van der Waals surface area contributed by atoms with Gasteiger partial charge in [-0.05, 0) is 34.9 Å². The van der Waals surface area contributed by atoms with Gasteiger partial charge in [-0.15, -0.1) is 0 Å². The van der Waals surface area contributed by atoms with Crippen molar-refractivity contribution in [2.45, 2.75) is 19.6 Å². The molecule has 0 saturated carbocycles. The Kier molecular flexibility index (Phi) is 7.04. The molecule has 4 aromatic rings. The molecule has 5 rings (SSSR count). The fraction of sp³-hybridized carbons (Fsp3) is 0.143. The Morgan fingerprint density at radius 2 is 1.46 bits per heavy atom. The van der Waals surface area contributed by atoms with Crippen LogP contribution in [0.2, 0.25) is 0 Å². The highest BCUT2D eigenvalue weighted by atomic mass is 32.2. The first kappa shape index (κ1) is 24.3. The van der Waals surface area contributed by atoms with Gasteiger partial charge in [0.15, 0.2) is 0 Å². The fourth-order valence-electron chi connectivity index (χ4n) is 3.96. The van der Waals surface area contributed by atoms with Gasteiger partial charge in [-0.1, -0.05) is 72.8 Å². The molecule has 1 amide bonds. The summed E-state index contributed by atoms with van der Waals surface area (Å²) in [5, 5.41) is 0. The van der Waals surface area contributed by atoms with Crippen molar-refractivity contribution in [1.29, 1.82) is 0 Å². The first-order valence-corrected chi connectivity index (χ1v) is 13.2. The molecule has 9 heteroatoms. The minimum Gasteiger partial charge on any atom is -0.487 e. The zero-order chi connectivity index (χ0) is 25.7. The first-order valence-electron chi connectivity index (χ1n) is 11.7. The molecule has 0 spiro atoms. The van der Waals surface area contributed by atoms with Crippen molar-refractivity contribution in [2.75, 3.05) is 10.8 Å². The first-order chi connectivity index (χ1) is 18.0. The van der Waals surface area contributed by atoms with Crippen LogP contribution in [0.4, 0.5) is 5.69 Å². The van der Waals surface area contributed by atoms with Crippen LogP contribution in [0.15, 0.2) is 97.1 Å². The Balaban J connectivity index is 1.37. The number of carbonyl (C=O) groups is 1. The molecule has 1 N–H and O–H groups in total. The van der Waals surface area contributed by atoms with E-state index in [1.807, 2.05) is 89.7 Å². The molecule has 188 valence electrons. The lowest BCUT2D eigenvalue weighted by Gasteiger charge is -2.20. The van der Waals surface area contributed by atoms with Gasteiger partial charge in [0.1, 0.15) is 25.5 Å². The summed E-state index contributed by atoms with van der Waals surface area (Å²) >= 11 is 0. The third kappa shape index (κ3) is 6.07. The van der Waals surface area contributed by atoms with Crippen molar-refractivity contribution in [3.63, 3.8) is 0 Å². The van der Waals surface area contributed by atoms with Gasteiger partial charge in [0.05, 0.1) is 5.69 Å². The average Bonchev–Trinajstić information content (AvgIpc) is 3.19. The molecular weight excluding hydrogens is 490 g/mol. The van der Waals surface area contributed by atoms with Crippen molar-refractivity contribution < 1.29 is 22.7 Å². The Labute approximate surface area is 215 Å². The quantitative estimate of drug-likeness (QED) is 0.362. The molecule has 1 aliphatic rings. The number of hydrogen-bond acceptors (Lipinski definition) is 6. The van der Waals surface area contributed by atoms with E-state index in [9.17, 15) is 13.2 Å². The predicted molar refractivity (Wildman–Crippen MR) is 139 cm³/mol. The topological polar surface area (TPSA) is 97.8 Å². The van der Waals surface area contributed by atoms with Crippen LogP contribution in [0, 0.1) is 0 Å². The highest BCUT2D eigenvalue weighted by Crippen LogP contribution is 2.34. The molecule has 37 heavy (non-hydrogen) atoms. The van der Waals surface area contributed by atoms with Gasteiger partial charge in [-0.25, -0.2) is 14.0 Å². The second-order valence-corrected chi connectivity index (χ2v) is 10.1. The van der Waals surface area contributed by atoms with E-state index in [1.54, 1.807) is 12.1 Å². The molecule has 1 aromatic heterocycles. The van der Waals surface area contributed by atoms with E-state index < -0.39 is 16.1 Å². The van der Waals surface area contributed by atoms with Gasteiger partial charge >= 0.3 is 10.2 Å². The molecule has 0 unspecified atom stereocenters. The van der Waals surface area contributed by atoms with E-state index in [2.05, 4.69) is 4.98 Å². The number of rotatable bonds is 9. The van der Waals surface area contributed by atoms with Crippen LogP contribution in [0.25, 0.3) is 0 Å². The molecule has 1 aliphatic heterocycles. The van der Waals surface area contributed by atoms with E-state index in [4.69, 9.17) is 9.47 Å². The molecule has 0 bridgehead atoms. The summed E-state index contributed by atoms with van der Waals surface area (Å²) in [7, 11) is -3.98. The fourth-order valence-corrected chi connectivity index (χ4v) is 5.12. The molecule has 8 nitrogen and oxygen atoms in total. The van der Waals surface area contributed by atoms with E-state index in [-0.39, 0.29) is 13.2 Å². The normalized spacial score (nSPS) is 14.3. The van der Waals surface area contributed by atoms with Crippen LogP contribution < -0.4 is 18.5 Å². The van der Waals surface area contributed by atoms with Crippen LogP contribution in [0.1, 0.15) is 22.4 Å². The second-order valence-electron chi connectivity index (χ2n) is 8.53. The summed E-state index contributed by atoms with van der Waals surface area (Å²) in [4.78, 5) is 16.4. The van der Waals surface area contributed by atoms with Gasteiger partial charge < -0.3 is 9.47 Å². The predicted octanol–water partition coefficient (Wildman–Crippen LogP) is 4.01. The molecule has 1 saturated heterocycles.